The van der Waals surface area contributed by atoms with Crippen LogP contribution >= 0.6 is 12.4 Å². The molecule has 0 spiro atoms. The lowest BCUT2D eigenvalue weighted by Gasteiger charge is -2.22. The van der Waals surface area contributed by atoms with E-state index in [4.69, 9.17) is 15.2 Å². The van der Waals surface area contributed by atoms with Crippen molar-refractivity contribution in [2.45, 2.75) is 31.2 Å². The average molecular weight is 381 g/mol. The highest BCUT2D eigenvalue weighted by molar-refractivity contribution is 5.98. The molecule has 140 valence electrons. The summed E-state index contributed by atoms with van der Waals surface area (Å²) >= 11 is 0. The molecule has 0 aromatic heterocycles. The number of ether oxygens (including phenoxy) is 2. The van der Waals surface area contributed by atoms with Crippen LogP contribution < -0.4 is 20.5 Å². The molecule has 0 unspecified atom stereocenters. The lowest BCUT2D eigenvalue weighted by molar-refractivity contribution is -0.121. The van der Waals surface area contributed by atoms with Crippen molar-refractivity contribution in [3.05, 3.63) is 48.3 Å². The summed E-state index contributed by atoms with van der Waals surface area (Å²) in [5.41, 5.74) is 5.60. The molecule has 0 radical (unpaired) electrons. The maximum absolute atomic E-state index is 14.3. The monoisotopic (exact) mass is 380 g/mol. The topological polar surface area (TPSA) is 73.6 Å². The molecule has 3 rings (SSSR count). The van der Waals surface area contributed by atoms with Gasteiger partial charge in [-0.3, -0.25) is 4.79 Å². The molecule has 2 aromatic rings. The number of hydrogen-bond donors (Lipinski definition) is 2. The van der Waals surface area contributed by atoms with E-state index in [1.165, 1.54) is 19.2 Å². The Hall–Kier alpha value is -2.31. The first-order chi connectivity index (χ1) is 12.0. The van der Waals surface area contributed by atoms with Gasteiger partial charge in [-0.1, -0.05) is 25.0 Å². The number of amides is 1. The summed E-state index contributed by atoms with van der Waals surface area (Å²) in [6.45, 7) is 0. The highest BCUT2D eigenvalue weighted by Gasteiger charge is 2.37. The minimum atomic E-state index is -0.858. The fraction of sp³-hybridized carbons (Fsp3) is 0.316. The van der Waals surface area contributed by atoms with Crippen molar-refractivity contribution in [2.24, 2.45) is 5.73 Å². The molecule has 26 heavy (non-hydrogen) atoms. The van der Waals surface area contributed by atoms with Crippen LogP contribution in [0.1, 0.15) is 25.7 Å². The van der Waals surface area contributed by atoms with E-state index in [0.717, 1.165) is 12.8 Å². The smallest absolute Gasteiger partial charge is 0.244 e. The average Bonchev–Trinajstić information content (AvgIpc) is 3.06. The molecule has 0 aliphatic heterocycles. The number of benzene rings is 2. The van der Waals surface area contributed by atoms with Crippen molar-refractivity contribution in [3.63, 3.8) is 0 Å². The van der Waals surface area contributed by atoms with Crippen LogP contribution in [0.15, 0.2) is 42.5 Å². The van der Waals surface area contributed by atoms with Crippen molar-refractivity contribution in [1.82, 2.24) is 0 Å². The van der Waals surface area contributed by atoms with Crippen molar-refractivity contribution in [2.75, 3.05) is 12.4 Å². The lowest BCUT2D eigenvalue weighted by Crippen LogP contribution is -2.48. The van der Waals surface area contributed by atoms with Crippen molar-refractivity contribution >= 4 is 24.0 Å². The number of anilines is 1. The number of para-hydroxylation sites is 2. The van der Waals surface area contributed by atoms with Gasteiger partial charge in [-0.15, -0.1) is 12.4 Å². The summed E-state index contributed by atoms with van der Waals surface area (Å²) < 4.78 is 25.1. The molecule has 1 aliphatic rings. The first-order valence-corrected chi connectivity index (χ1v) is 8.22. The van der Waals surface area contributed by atoms with E-state index >= 15 is 0 Å². The second kappa shape index (κ2) is 8.38. The highest BCUT2D eigenvalue weighted by atomic mass is 35.5. The lowest BCUT2D eigenvalue weighted by atomic mass is 9.98. The van der Waals surface area contributed by atoms with E-state index in [1.54, 1.807) is 30.3 Å². The first-order valence-electron chi connectivity index (χ1n) is 8.22. The number of carbonyl (C=O) groups excluding carboxylic acids is 1. The van der Waals surface area contributed by atoms with Crippen LogP contribution in [0.5, 0.6) is 17.2 Å². The summed E-state index contributed by atoms with van der Waals surface area (Å²) in [5.74, 6) is 0.105. The quantitative estimate of drug-likeness (QED) is 0.812. The number of hydrogen-bond acceptors (Lipinski definition) is 4. The van der Waals surface area contributed by atoms with Crippen LogP contribution in [0.4, 0.5) is 10.1 Å². The third-order valence-electron chi connectivity index (χ3n) is 4.43. The predicted octanol–water partition coefficient (Wildman–Crippen LogP) is 4.26. The SMILES string of the molecule is COc1ccccc1Oc1ccc(NC(=O)C2(N)CCCC2)cc1F.Cl. The maximum atomic E-state index is 14.3. The Morgan fingerprint density at radius 2 is 1.77 bits per heavy atom. The van der Waals surface area contributed by atoms with Crippen LogP contribution in [0.3, 0.4) is 0 Å². The number of nitrogens with two attached hydrogens (primary N) is 1. The molecule has 0 heterocycles. The summed E-state index contributed by atoms with van der Waals surface area (Å²) in [6, 6.07) is 11.3. The standard InChI is InChI=1S/C19H21FN2O3.ClH/c1-24-16-6-2-3-7-17(16)25-15-9-8-13(12-14(15)20)22-18(23)19(21)10-4-5-11-19;/h2-3,6-9,12H,4-5,10-11,21H2,1H3,(H,22,23);1H. The van der Waals surface area contributed by atoms with E-state index in [9.17, 15) is 9.18 Å². The van der Waals surface area contributed by atoms with Gasteiger partial charge in [0, 0.05) is 11.8 Å². The Bertz CT molecular complexity index is 779. The van der Waals surface area contributed by atoms with Gasteiger partial charge in [0.25, 0.3) is 0 Å². The fourth-order valence-electron chi connectivity index (χ4n) is 2.97. The van der Waals surface area contributed by atoms with Crippen molar-refractivity contribution in [1.29, 1.82) is 0 Å². The van der Waals surface area contributed by atoms with Crippen LogP contribution in [-0.2, 0) is 4.79 Å². The molecule has 0 atom stereocenters. The Kier molecular flexibility index (Phi) is 6.45. The zero-order valence-electron chi connectivity index (χ0n) is 14.5. The molecular weight excluding hydrogens is 359 g/mol. The van der Waals surface area contributed by atoms with Gasteiger partial charge in [0.2, 0.25) is 5.91 Å². The maximum Gasteiger partial charge on any atom is 0.244 e. The van der Waals surface area contributed by atoms with Gasteiger partial charge in [-0.2, -0.15) is 0 Å². The normalized spacial score (nSPS) is 15.0. The molecule has 1 aliphatic carbocycles. The Morgan fingerprint density at radius 1 is 1.12 bits per heavy atom. The molecule has 0 bridgehead atoms. The number of nitrogens with one attached hydrogen (secondary N) is 1. The Balaban J connectivity index is 0.00000243. The van der Waals surface area contributed by atoms with Gasteiger partial charge in [0.05, 0.1) is 12.6 Å². The molecule has 7 heteroatoms. The van der Waals surface area contributed by atoms with E-state index < -0.39 is 11.4 Å². The largest absolute Gasteiger partial charge is 0.493 e. The second-order valence-electron chi connectivity index (χ2n) is 6.22. The van der Waals surface area contributed by atoms with Crippen LogP contribution in [0.25, 0.3) is 0 Å². The van der Waals surface area contributed by atoms with Crippen molar-refractivity contribution < 1.29 is 18.7 Å². The third-order valence-corrected chi connectivity index (χ3v) is 4.43. The molecule has 1 amide bonds. The second-order valence-corrected chi connectivity index (χ2v) is 6.22. The van der Waals surface area contributed by atoms with Gasteiger partial charge < -0.3 is 20.5 Å². The van der Waals surface area contributed by atoms with E-state index in [0.29, 0.717) is 30.0 Å². The zero-order chi connectivity index (χ0) is 17.9. The van der Waals surface area contributed by atoms with Crippen LogP contribution in [0.2, 0.25) is 0 Å². The number of rotatable bonds is 5. The number of halogens is 2. The van der Waals surface area contributed by atoms with Crippen LogP contribution in [0, 0.1) is 5.82 Å². The van der Waals surface area contributed by atoms with Gasteiger partial charge in [-0.05, 0) is 37.1 Å². The van der Waals surface area contributed by atoms with Crippen molar-refractivity contribution in [3.8, 4) is 17.2 Å². The van der Waals surface area contributed by atoms with E-state index in [2.05, 4.69) is 5.32 Å². The first kappa shape index (κ1) is 20.0. The molecule has 1 saturated carbocycles. The minimum absolute atomic E-state index is 0. The minimum Gasteiger partial charge on any atom is -0.493 e. The summed E-state index contributed by atoms with van der Waals surface area (Å²) in [5, 5.41) is 2.69. The number of methoxy groups -OCH3 is 1. The Morgan fingerprint density at radius 3 is 2.38 bits per heavy atom. The van der Waals surface area contributed by atoms with Gasteiger partial charge in [0.15, 0.2) is 23.1 Å². The molecule has 2 aromatic carbocycles. The molecule has 3 N–H and O–H groups in total. The molecule has 0 saturated heterocycles. The van der Waals surface area contributed by atoms with Gasteiger partial charge >= 0.3 is 0 Å². The molecule has 5 nitrogen and oxygen atoms in total. The zero-order valence-corrected chi connectivity index (χ0v) is 15.3. The fourth-order valence-corrected chi connectivity index (χ4v) is 2.97. The molecular formula is C19H22ClFN2O3. The van der Waals surface area contributed by atoms with Gasteiger partial charge in [0.1, 0.15) is 0 Å². The molecule has 1 fully saturated rings. The summed E-state index contributed by atoms with van der Waals surface area (Å²) in [7, 11) is 1.52. The van der Waals surface area contributed by atoms with E-state index in [1.807, 2.05) is 0 Å². The number of carbonyl (C=O) groups is 1. The van der Waals surface area contributed by atoms with E-state index in [-0.39, 0.29) is 24.1 Å². The van der Waals surface area contributed by atoms with Gasteiger partial charge in [-0.25, -0.2) is 4.39 Å². The predicted molar refractivity (Wildman–Crippen MR) is 101 cm³/mol. The highest BCUT2D eigenvalue weighted by Crippen LogP contribution is 2.33. The van der Waals surface area contributed by atoms with Crippen LogP contribution in [-0.4, -0.2) is 18.6 Å². The summed E-state index contributed by atoms with van der Waals surface area (Å²) in [4.78, 5) is 12.3. The Labute approximate surface area is 158 Å². The third kappa shape index (κ3) is 4.26. The summed E-state index contributed by atoms with van der Waals surface area (Å²) in [6.07, 6.45) is 3.17.